The molecule has 0 fully saturated rings. The van der Waals surface area contributed by atoms with Crippen LogP contribution >= 0.6 is 11.6 Å². The van der Waals surface area contributed by atoms with E-state index >= 15 is 0 Å². The van der Waals surface area contributed by atoms with Crippen LogP contribution in [0.2, 0.25) is 5.02 Å². The van der Waals surface area contributed by atoms with Gasteiger partial charge in [0.25, 0.3) is 0 Å². The molecule has 0 aliphatic carbocycles. The lowest BCUT2D eigenvalue weighted by Crippen LogP contribution is -2.22. The second-order valence-corrected chi connectivity index (χ2v) is 5.62. The Labute approximate surface area is 111 Å². The molecule has 0 amide bonds. The number of anilines is 1. The van der Waals surface area contributed by atoms with Gasteiger partial charge in [0.1, 0.15) is 11.5 Å². The molecule has 0 unspecified atom stereocenters. The van der Waals surface area contributed by atoms with Crippen molar-refractivity contribution in [1.82, 2.24) is 0 Å². The van der Waals surface area contributed by atoms with Gasteiger partial charge >= 0.3 is 0 Å². The summed E-state index contributed by atoms with van der Waals surface area (Å²) >= 11 is 5.94. The van der Waals surface area contributed by atoms with Gasteiger partial charge in [0.2, 0.25) is 10.0 Å². The lowest BCUT2D eigenvalue weighted by atomic mass is 10.2. The summed E-state index contributed by atoms with van der Waals surface area (Å²) in [6, 6.07) is 3.21. The molecule has 1 rings (SSSR count). The number of benzene rings is 1. The standard InChI is InChI=1S/C10H15ClN2O4S/c1-16-9-6-8(10(17-2)5-7(9)11)13-3-4-18(12,14)15/h5-6,13H,3-4H2,1-2H3,(H2,12,14,15). The van der Waals surface area contributed by atoms with E-state index in [0.29, 0.717) is 22.2 Å². The zero-order chi connectivity index (χ0) is 13.8. The molecule has 0 atom stereocenters. The number of hydrogen-bond donors (Lipinski definition) is 2. The highest BCUT2D eigenvalue weighted by Crippen LogP contribution is 2.35. The zero-order valence-electron chi connectivity index (χ0n) is 10.1. The van der Waals surface area contributed by atoms with Gasteiger partial charge in [0, 0.05) is 18.7 Å². The average molecular weight is 295 g/mol. The van der Waals surface area contributed by atoms with E-state index in [0.717, 1.165) is 0 Å². The quantitative estimate of drug-likeness (QED) is 0.818. The van der Waals surface area contributed by atoms with Crippen LogP contribution in [0.3, 0.4) is 0 Å². The van der Waals surface area contributed by atoms with Gasteiger partial charge in [-0.15, -0.1) is 0 Å². The van der Waals surface area contributed by atoms with E-state index in [1.54, 1.807) is 12.1 Å². The summed E-state index contributed by atoms with van der Waals surface area (Å²) in [4.78, 5) is 0. The maximum atomic E-state index is 10.8. The Hall–Kier alpha value is -1.18. The molecule has 0 heterocycles. The molecule has 6 nitrogen and oxygen atoms in total. The van der Waals surface area contributed by atoms with Crippen molar-refractivity contribution in [3.05, 3.63) is 17.2 Å². The predicted octanol–water partition coefficient (Wildman–Crippen LogP) is 1.06. The Bertz CT molecular complexity index is 519. The van der Waals surface area contributed by atoms with Gasteiger partial charge in [0.15, 0.2) is 0 Å². The van der Waals surface area contributed by atoms with Crippen LogP contribution in [-0.4, -0.2) is 34.9 Å². The van der Waals surface area contributed by atoms with Gasteiger partial charge in [-0.25, -0.2) is 13.6 Å². The Morgan fingerprint density at radius 1 is 1.28 bits per heavy atom. The number of halogens is 1. The summed E-state index contributed by atoms with van der Waals surface area (Å²) in [6.07, 6.45) is 0. The first-order valence-corrected chi connectivity index (χ1v) is 7.12. The third kappa shape index (κ3) is 4.25. The number of primary sulfonamides is 1. The molecule has 102 valence electrons. The highest BCUT2D eigenvalue weighted by molar-refractivity contribution is 7.89. The van der Waals surface area contributed by atoms with Crippen molar-refractivity contribution in [1.29, 1.82) is 0 Å². The summed E-state index contributed by atoms with van der Waals surface area (Å²) in [6.45, 7) is 0.167. The largest absolute Gasteiger partial charge is 0.495 e. The summed E-state index contributed by atoms with van der Waals surface area (Å²) in [5.41, 5.74) is 0.586. The van der Waals surface area contributed by atoms with Crippen molar-refractivity contribution in [2.45, 2.75) is 0 Å². The van der Waals surface area contributed by atoms with Gasteiger partial charge in [0.05, 0.1) is 30.7 Å². The molecule has 8 heteroatoms. The van der Waals surface area contributed by atoms with E-state index in [2.05, 4.69) is 5.32 Å². The van der Waals surface area contributed by atoms with Crippen molar-refractivity contribution in [2.75, 3.05) is 31.8 Å². The molecule has 18 heavy (non-hydrogen) atoms. The maximum absolute atomic E-state index is 10.8. The lowest BCUT2D eigenvalue weighted by molar-refractivity contribution is 0.405. The summed E-state index contributed by atoms with van der Waals surface area (Å²) < 4.78 is 31.8. The van der Waals surface area contributed by atoms with E-state index in [1.807, 2.05) is 0 Å². The highest BCUT2D eigenvalue weighted by atomic mass is 35.5. The summed E-state index contributed by atoms with van der Waals surface area (Å²) in [5.74, 6) is 0.784. The van der Waals surface area contributed by atoms with Crippen molar-refractivity contribution in [3.8, 4) is 11.5 Å². The molecule has 0 spiro atoms. The van der Waals surface area contributed by atoms with Gasteiger partial charge in [-0.05, 0) is 0 Å². The van der Waals surface area contributed by atoms with Gasteiger partial charge in [-0.2, -0.15) is 0 Å². The van der Waals surface area contributed by atoms with E-state index in [1.165, 1.54) is 14.2 Å². The smallest absolute Gasteiger partial charge is 0.210 e. The first kappa shape index (κ1) is 14.9. The zero-order valence-corrected chi connectivity index (χ0v) is 11.6. The monoisotopic (exact) mass is 294 g/mol. The molecule has 0 bridgehead atoms. The molecule has 0 saturated heterocycles. The molecule has 0 saturated carbocycles. The summed E-state index contributed by atoms with van der Waals surface area (Å²) in [5, 5.41) is 8.21. The van der Waals surface area contributed by atoms with Crippen LogP contribution in [0, 0.1) is 0 Å². The van der Waals surface area contributed by atoms with Gasteiger partial charge in [-0.1, -0.05) is 11.6 Å². The minimum atomic E-state index is -3.50. The molecule has 1 aromatic rings. The second-order valence-electron chi connectivity index (χ2n) is 3.48. The van der Waals surface area contributed by atoms with Crippen molar-refractivity contribution < 1.29 is 17.9 Å². The SMILES string of the molecule is COc1cc(NCCS(N)(=O)=O)c(OC)cc1Cl. The summed E-state index contributed by atoms with van der Waals surface area (Å²) in [7, 11) is -0.521. The van der Waals surface area contributed by atoms with Crippen molar-refractivity contribution >= 4 is 27.3 Å². The van der Waals surface area contributed by atoms with Gasteiger partial charge in [-0.3, -0.25) is 0 Å². The van der Waals surface area contributed by atoms with Crippen LogP contribution in [-0.2, 0) is 10.0 Å². The van der Waals surface area contributed by atoms with E-state index in [9.17, 15) is 8.42 Å². The highest BCUT2D eigenvalue weighted by Gasteiger charge is 2.10. The number of ether oxygens (including phenoxy) is 2. The number of nitrogens with two attached hydrogens (primary N) is 1. The third-order valence-electron chi connectivity index (χ3n) is 2.18. The predicted molar refractivity (Wildman–Crippen MR) is 71.0 cm³/mol. The van der Waals surface area contributed by atoms with E-state index in [-0.39, 0.29) is 12.3 Å². The minimum Gasteiger partial charge on any atom is -0.495 e. The average Bonchev–Trinajstić information content (AvgIpc) is 2.28. The lowest BCUT2D eigenvalue weighted by Gasteiger charge is -2.13. The normalized spacial score (nSPS) is 11.1. The van der Waals surface area contributed by atoms with Crippen LogP contribution in [0.5, 0.6) is 11.5 Å². The number of rotatable bonds is 6. The number of sulfonamides is 1. The van der Waals surface area contributed by atoms with Crippen molar-refractivity contribution in [3.63, 3.8) is 0 Å². The molecular formula is C10H15ClN2O4S. The molecule has 0 aliphatic rings. The first-order valence-electron chi connectivity index (χ1n) is 5.03. The molecule has 0 aliphatic heterocycles. The fourth-order valence-corrected chi connectivity index (χ4v) is 1.94. The Morgan fingerprint density at radius 3 is 2.39 bits per heavy atom. The first-order chi connectivity index (χ1) is 8.37. The van der Waals surface area contributed by atoms with Gasteiger partial charge < -0.3 is 14.8 Å². The van der Waals surface area contributed by atoms with E-state index in [4.69, 9.17) is 26.2 Å². The molecule has 0 radical (unpaired) electrons. The molecule has 0 aromatic heterocycles. The molecule has 1 aromatic carbocycles. The van der Waals surface area contributed by atoms with Crippen LogP contribution in [0.25, 0.3) is 0 Å². The Balaban J connectivity index is 2.86. The molecular weight excluding hydrogens is 280 g/mol. The van der Waals surface area contributed by atoms with Crippen LogP contribution in [0.15, 0.2) is 12.1 Å². The Kier molecular flexibility index (Phi) is 5.06. The maximum Gasteiger partial charge on any atom is 0.210 e. The van der Waals surface area contributed by atoms with E-state index < -0.39 is 10.0 Å². The van der Waals surface area contributed by atoms with Crippen LogP contribution < -0.4 is 19.9 Å². The second kappa shape index (κ2) is 6.12. The fraction of sp³-hybridized carbons (Fsp3) is 0.400. The number of methoxy groups -OCH3 is 2. The third-order valence-corrected chi connectivity index (χ3v) is 3.24. The Morgan fingerprint density at radius 2 is 1.89 bits per heavy atom. The van der Waals surface area contributed by atoms with Crippen LogP contribution in [0.1, 0.15) is 0 Å². The van der Waals surface area contributed by atoms with Crippen molar-refractivity contribution in [2.24, 2.45) is 5.14 Å². The topological polar surface area (TPSA) is 90.6 Å². The fourth-order valence-electron chi connectivity index (χ4n) is 1.33. The molecule has 3 N–H and O–H groups in total. The van der Waals surface area contributed by atoms with Crippen LogP contribution in [0.4, 0.5) is 5.69 Å². The number of hydrogen-bond acceptors (Lipinski definition) is 5. The number of nitrogens with one attached hydrogen (secondary N) is 1. The minimum absolute atomic E-state index is 0.167.